The lowest BCUT2D eigenvalue weighted by Gasteiger charge is -2.13. The molecule has 0 atom stereocenters. The number of carbonyl (C=O) groups is 2. The molecule has 0 aliphatic heterocycles. The third-order valence-corrected chi connectivity index (χ3v) is 3.93. The summed E-state index contributed by atoms with van der Waals surface area (Å²) in [5.41, 5.74) is -0.695. The van der Waals surface area contributed by atoms with Gasteiger partial charge in [0, 0.05) is 17.7 Å². The van der Waals surface area contributed by atoms with Crippen molar-refractivity contribution in [3.8, 4) is 5.75 Å². The first-order chi connectivity index (χ1) is 12.8. The number of nitrogens with zero attached hydrogens (tertiary/aromatic N) is 2. The summed E-state index contributed by atoms with van der Waals surface area (Å²) in [7, 11) is 0. The molecule has 2 aliphatic rings. The predicted molar refractivity (Wildman–Crippen MR) is 92.4 cm³/mol. The first-order valence-electron chi connectivity index (χ1n) is 7.52. The Hall–Kier alpha value is -4.14. The Kier molecular flexibility index (Phi) is 4.34. The molecular weight excluding hydrogens is 356 g/mol. The van der Waals surface area contributed by atoms with Crippen LogP contribution < -0.4 is 0 Å². The van der Waals surface area contributed by atoms with Gasteiger partial charge in [-0.15, -0.1) is 0 Å². The minimum Gasteiger partial charge on any atom is -0.508 e. The van der Waals surface area contributed by atoms with Gasteiger partial charge in [0.15, 0.2) is 0 Å². The number of phenolic OH excluding ortho intramolecular Hbond substituents is 1. The summed E-state index contributed by atoms with van der Waals surface area (Å²) in [5.74, 6) is -1.67. The first kappa shape index (κ1) is 17.7. The maximum Gasteiger partial charge on any atom is 0.317 e. The molecule has 0 aromatic heterocycles. The fraction of sp³-hybridized carbons (Fsp3) is 0. The Balaban J connectivity index is 2.21. The molecule has 9 nitrogen and oxygen atoms in total. The van der Waals surface area contributed by atoms with Gasteiger partial charge in [0.1, 0.15) is 5.75 Å². The lowest BCUT2D eigenvalue weighted by atomic mass is 9.89. The monoisotopic (exact) mass is 366 g/mol. The zero-order valence-corrected chi connectivity index (χ0v) is 13.5. The number of Topliss-reactive ketones (excluding diaryl/α,β-unsaturated/α-hetero) is 1. The molecule has 1 aromatic carbocycles. The first-order valence-corrected chi connectivity index (χ1v) is 7.52. The molecule has 0 unspecified atom stereocenters. The Morgan fingerprint density at radius 2 is 1.37 bits per heavy atom. The summed E-state index contributed by atoms with van der Waals surface area (Å²) in [5, 5.41) is 31.6. The van der Waals surface area contributed by atoms with E-state index in [1.807, 2.05) is 0 Å². The molecule has 2 aliphatic carbocycles. The van der Waals surface area contributed by atoms with Crippen molar-refractivity contribution in [2.75, 3.05) is 0 Å². The summed E-state index contributed by atoms with van der Waals surface area (Å²) >= 11 is 0. The van der Waals surface area contributed by atoms with Gasteiger partial charge in [-0.2, -0.15) is 0 Å². The minimum atomic E-state index is -0.844. The highest BCUT2D eigenvalue weighted by atomic mass is 16.6. The van der Waals surface area contributed by atoms with E-state index in [4.69, 9.17) is 0 Å². The van der Waals surface area contributed by atoms with Crippen LogP contribution in [0.4, 0.5) is 0 Å². The Labute approximate surface area is 151 Å². The van der Waals surface area contributed by atoms with Crippen LogP contribution in [0.15, 0.2) is 77.2 Å². The fourth-order valence-corrected chi connectivity index (χ4v) is 2.61. The lowest BCUT2D eigenvalue weighted by Crippen LogP contribution is -2.17. The molecule has 0 fully saturated rings. The van der Waals surface area contributed by atoms with Gasteiger partial charge in [-0.3, -0.25) is 29.8 Å². The second-order valence-corrected chi connectivity index (χ2v) is 5.62. The summed E-state index contributed by atoms with van der Waals surface area (Å²) in [6.07, 6.45) is 5.65. The number of rotatable bonds is 3. The maximum atomic E-state index is 12.4. The number of phenols is 1. The summed E-state index contributed by atoms with van der Waals surface area (Å²) in [4.78, 5) is 44.6. The van der Waals surface area contributed by atoms with Crippen molar-refractivity contribution in [2.45, 2.75) is 0 Å². The van der Waals surface area contributed by atoms with Crippen molar-refractivity contribution in [1.29, 1.82) is 0 Å². The van der Waals surface area contributed by atoms with Crippen LogP contribution in [0.25, 0.3) is 5.57 Å². The molecular formula is C18H10N2O7. The van der Waals surface area contributed by atoms with Gasteiger partial charge >= 0.3 is 11.4 Å². The molecule has 0 spiro atoms. The topological polar surface area (TPSA) is 141 Å². The van der Waals surface area contributed by atoms with E-state index >= 15 is 0 Å². The predicted octanol–water partition coefficient (Wildman–Crippen LogP) is 2.12. The number of nitro groups is 2. The molecule has 0 saturated carbocycles. The van der Waals surface area contributed by atoms with Crippen LogP contribution in [0.3, 0.4) is 0 Å². The maximum absolute atomic E-state index is 12.4. The van der Waals surface area contributed by atoms with Gasteiger partial charge in [-0.1, -0.05) is 12.1 Å². The Morgan fingerprint density at radius 1 is 0.778 bits per heavy atom. The summed E-state index contributed by atoms with van der Waals surface area (Å²) < 4.78 is 0. The standard InChI is InChI=1S/C18H10N2O7/c21-13-4-1-10(2-5-13)14-7-12(9-16(18(14)23)20(26)27)11-3-6-17(22)15(8-11)19(24)25/h1-9,21H/b12-11+. The van der Waals surface area contributed by atoms with E-state index in [-0.39, 0.29) is 22.5 Å². The van der Waals surface area contributed by atoms with Crippen molar-refractivity contribution in [2.24, 2.45) is 0 Å². The average Bonchev–Trinajstić information content (AvgIpc) is 2.63. The van der Waals surface area contributed by atoms with E-state index in [0.29, 0.717) is 5.56 Å². The van der Waals surface area contributed by atoms with Crippen molar-refractivity contribution < 1.29 is 24.5 Å². The molecule has 1 aromatic rings. The van der Waals surface area contributed by atoms with Crippen LogP contribution in [-0.4, -0.2) is 26.5 Å². The van der Waals surface area contributed by atoms with Crippen LogP contribution in [0.5, 0.6) is 5.75 Å². The van der Waals surface area contributed by atoms with Crippen molar-refractivity contribution in [3.63, 3.8) is 0 Å². The van der Waals surface area contributed by atoms with Crippen LogP contribution >= 0.6 is 0 Å². The minimum absolute atomic E-state index is 0.00643. The second-order valence-electron chi connectivity index (χ2n) is 5.62. The van der Waals surface area contributed by atoms with E-state index in [1.165, 1.54) is 36.4 Å². The number of hydrogen-bond donors (Lipinski definition) is 1. The average molecular weight is 366 g/mol. The third-order valence-electron chi connectivity index (χ3n) is 3.93. The van der Waals surface area contributed by atoms with E-state index in [0.717, 1.165) is 18.2 Å². The number of ketones is 2. The smallest absolute Gasteiger partial charge is 0.317 e. The molecule has 3 rings (SSSR count). The van der Waals surface area contributed by atoms with Crippen molar-refractivity contribution in [3.05, 3.63) is 103 Å². The number of hydrogen-bond acceptors (Lipinski definition) is 7. The van der Waals surface area contributed by atoms with Crippen molar-refractivity contribution >= 4 is 17.1 Å². The second kappa shape index (κ2) is 6.64. The highest BCUT2D eigenvalue weighted by molar-refractivity contribution is 6.29. The quantitative estimate of drug-likeness (QED) is 0.638. The highest BCUT2D eigenvalue weighted by Gasteiger charge is 2.32. The largest absolute Gasteiger partial charge is 0.508 e. The highest BCUT2D eigenvalue weighted by Crippen LogP contribution is 2.31. The summed E-state index contributed by atoms with van der Waals surface area (Å²) in [6.45, 7) is 0. The van der Waals surface area contributed by atoms with Gasteiger partial charge < -0.3 is 5.11 Å². The van der Waals surface area contributed by atoms with Gasteiger partial charge in [0.2, 0.25) is 0 Å². The van der Waals surface area contributed by atoms with E-state index in [1.54, 1.807) is 0 Å². The zero-order valence-electron chi connectivity index (χ0n) is 13.5. The molecule has 134 valence electrons. The summed E-state index contributed by atoms with van der Waals surface area (Å²) in [6, 6.07) is 5.49. The molecule has 27 heavy (non-hydrogen) atoms. The van der Waals surface area contributed by atoms with Crippen LogP contribution in [0.2, 0.25) is 0 Å². The molecule has 0 amide bonds. The lowest BCUT2D eigenvalue weighted by molar-refractivity contribution is -0.418. The van der Waals surface area contributed by atoms with Crippen molar-refractivity contribution in [1.82, 2.24) is 0 Å². The van der Waals surface area contributed by atoms with Gasteiger partial charge in [-0.05, 0) is 47.1 Å². The van der Waals surface area contributed by atoms with Gasteiger partial charge in [0.05, 0.1) is 9.85 Å². The molecule has 1 N–H and O–H groups in total. The molecule has 0 saturated heterocycles. The third kappa shape index (κ3) is 3.33. The van der Waals surface area contributed by atoms with E-state index in [9.17, 15) is 34.9 Å². The Bertz CT molecular complexity index is 1050. The molecule has 0 bridgehead atoms. The fourth-order valence-electron chi connectivity index (χ4n) is 2.61. The Morgan fingerprint density at radius 3 is 1.96 bits per heavy atom. The number of carbonyl (C=O) groups excluding carboxylic acids is 2. The molecule has 9 heteroatoms. The number of benzene rings is 1. The van der Waals surface area contributed by atoms with Crippen LogP contribution in [-0.2, 0) is 9.59 Å². The normalized spacial score (nSPS) is 19.3. The SMILES string of the molecule is O=C1C=C/C(=C2/C=C(c3ccc(O)cc3)C(=O)C([N+](=O)[O-])=C2)C=C1[N+](=O)[O-]. The van der Waals surface area contributed by atoms with Gasteiger partial charge in [-0.25, -0.2) is 0 Å². The van der Waals surface area contributed by atoms with E-state index in [2.05, 4.69) is 0 Å². The van der Waals surface area contributed by atoms with Crippen LogP contribution in [0, 0.1) is 20.2 Å². The van der Waals surface area contributed by atoms with Gasteiger partial charge in [0.25, 0.3) is 11.6 Å². The van der Waals surface area contributed by atoms with Crippen LogP contribution in [0.1, 0.15) is 5.56 Å². The number of aromatic hydroxyl groups is 1. The van der Waals surface area contributed by atoms with E-state index < -0.39 is 32.8 Å². The number of allylic oxidation sites excluding steroid dienone is 8. The molecule has 0 heterocycles. The molecule has 0 radical (unpaired) electrons. The zero-order chi connectivity index (χ0) is 19.7.